The Bertz CT molecular complexity index is 1620. The Morgan fingerprint density at radius 3 is 2.33 bits per heavy atom. The number of carbonyl (C=O) groups excluding carboxylic acids is 2. The van der Waals surface area contributed by atoms with E-state index in [9.17, 15) is 22.8 Å². The summed E-state index contributed by atoms with van der Waals surface area (Å²) in [6, 6.07) is 15.5. The number of cyclic esters (lactones) is 1. The number of carbonyl (C=O) groups is 2. The zero-order chi connectivity index (χ0) is 28.1. The Kier molecular flexibility index (Phi) is 6.64. The smallest absolute Gasteiger partial charge is 0.455 e. The van der Waals surface area contributed by atoms with Crippen molar-refractivity contribution in [3.05, 3.63) is 87.5 Å². The summed E-state index contributed by atoms with van der Waals surface area (Å²) in [7, 11) is 0. The number of benzene rings is 3. The van der Waals surface area contributed by atoms with E-state index in [1.54, 1.807) is 54.0 Å². The van der Waals surface area contributed by atoms with E-state index >= 15 is 0 Å². The Labute approximate surface area is 230 Å². The van der Waals surface area contributed by atoms with E-state index in [0.29, 0.717) is 38.7 Å². The molecule has 4 aromatic rings. The van der Waals surface area contributed by atoms with Gasteiger partial charge in [0, 0.05) is 33.6 Å². The first-order valence-corrected chi connectivity index (χ1v) is 12.2. The topological polar surface area (TPSA) is 78.8 Å². The number of ether oxygens (including phenoxy) is 3. The summed E-state index contributed by atoms with van der Waals surface area (Å²) in [5.41, 5.74) is 0.265. The maximum Gasteiger partial charge on any atom is 0.573 e. The molecule has 1 saturated heterocycles. The van der Waals surface area contributed by atoms with Gasteiger partial charge in [-0.1, -0.05) is 29.3 Å². The second kappa shape index (κ2) is 9.69. The number of fused-ring (bicyclic) bond motifs is 1. The molecule has 3 aromatic carbocycles. The van der Waals surface area contributed by atoms with E-state index in [1.807, 2.05) is 0 Å². The molecule has 2 amide bonds. The lowest BCUT2D eigenvalue weighted by atomic mass is 9.93. The molecule has 0 unspecified atom stereocenters. The molecule has 1 N–H and O–H groups in total. The van der Waals surface area contributed by atoms with Crippen LogP contribution in [0.2, 0.25) is 10.0 Å². The van der Waals surface area contributed by atoms with E-state index in [0.717, 1.165) is 0 Å². The van der Waals surface area contributed by atoms with Gasteiger partial charge in [0.2, 0.25) is 5.60 Å². The standard InChI is InChI=1S/C27H19Cl2F3N2O5/c1-14-23(37-17-6-4-16(28)5-7-17)19-9-8-18(38-27(30,31)32)12-22(19)34(14)13-15-3-10-21(29)20(11-15)26(2)24(35)33-25(36)39-26/h3-12H,13H2,1-2H3,(H,33,35,36)/t26-/m1/s1. The van der Waals surface area contributed by atoms with Crippen molar-refractivity contribution in [3.8, 4) is 17.2 Å². The third-order valence-corrected chi connectivity index (χ3v) is 6.92. The van der Waals surface area contributed by atoms with Crippen LogP contribution in [0.15, 0.2) is 60.7 Å². The minimum absolute atomic E-state index is 0.150. The molecule has 5 rings (SSSR count). The minimum Gasteiger partial charge on any atom is -0.455 e. The Hall–Kier alpha value is -3.89. The van der Waals surface area contributed by atoms with Gasteiger partial charge in [-0.05, 0) is 67.9 Å². The normalized spacial score (nSPS) is 17.3. The number of imide groups is 1. The summed E-state index contributed by atoms with van der Waals surface area (Å²) < 4.78 is 56.2. The van der Waals surface area contributed by atoms with Crippen LogP contribution in [0.5, 0.6) is 17.2 Å². The maximum atomic E-state index is 13.0. The molecule has 1 fully saturated rings. The SMILES string of the molecule is Cc1c(Oc2ccc(Cl)cc2)c2ccc(OC(F)(F)F)cc2n1Cc1ccc(Cl)c([C@@]2(C)OC(=O)NC2=O)c1. The molecule has 2 heterocycles. The quantitative estimate of drug-likeness (QED) is 0.256. The average molecular weight is 579 g/mol. The monoisotopic (exact) mass is 578 g/mol. The predicted octanol–water partition coefficient (Wildman–Crippen LogP) is 7.48. The molecule has 1 atom stereocenters. The van der Waals surface area contributed by atoms with Gasteiger partial charge in [0.25, 0.3) is 5.91 Å². The van der Waals surface area contributed by atoms with Gasteiger partial charge in [0.05, 0.1) is 11.2 Å². The number of alkyl halides is 3. The predicted molar refractivity (Wildman–Crippen MR) is 137 cm³/mol. The second-order valence-electron chi connectivity index (χ2n) is 8.97. The summed E-state index contributed by atoms with van der Waals surface area (Å²) >= 11 is 12.3. The first-order chi connectivity index (χ1) is 18.3. The molecule has 0 radical (unpaired) electrons. The molecule has 1 aromatic heterocycles. The highest BCUT2D eigenvalue weighted by Crippen LogP contribution is 2.40. The maximum absolute atomic E-state index is 13.0. The van der Waals surface area contributed by atoms with Crippen molar-refractivity contribution < 1.29 is 37.0 Å². The van der Waals surface area contributed by atoms with Gasteiger partial charge in [0.1, 0.15) is 11.5 Å². The highest BCUT2D eigenvalue weighted by atomic mass is 35.5. The fourth-order valence-electron chi connectivity index (χ4n) is 4.44. The van der Waals surface area contributed by atoms with Crippen LogP contribution >= 0.6 is 23.2 Å². The number of nitrogens with one attached hydrogen (secondary N) is 1. The Morgan fingerprint density at radius 2 is 1.69 bits per heavy atom. The highest BCUT2D eigenvalue weighted by Gasteiger charge is 2.47. The van der Waals surface area contributed by atoms with E-state index in [1.165, 1.54) is 25.1 Å². The first-order valence-electron chi connectivity index (χ1n) is 11.5. The van der Waals surface area contributed by atoms with E-state index < -0.39 is 29.7 Å². The Morgan fingerprint density at radius 1 is 1.00 bits per heavy atom. The van der Waals surface area contributed by atoms with E-state index in [2.05, 4.69) is 10.1 Å². The molecule has 1 aliphatic rings. The number of hydrogen-bond acceptors (Lipinski definition) is 5. The van der Waals surface area contributed by atoms with Crippen LogP contribution in [-0.2, 0) is 21.7 Å². The van der Waals surface area contributed by atoms with Gasteiger partial charge in [-0.3, -0.25) is 10.1 Å². The van der Waals surface area contributed by atoms with Gasteiger partial charge < -0.3 is 18.8 Å². The van der Waals surface area contributed by atoms with Crippen molar-refractivity contribution in [2.24, 2.45) is 0 Å². The van der Waals surface area contributed by atoms with Crippen molar-refractivity contribution in [2.75, 3.05) is 0 Å². The van der Waals surface area contributed by atoms with Crippen LogP contribution in [0, 0.1) is 6.92 Å². The molecule has 202 valence electrons. The number of nitrogens with zero attached hydrogens (tertiary/aromatic N) is 1. The highest BCUT2D eigenvalue weighted by molar-refractivity contribution is 6.32. The third kappa shape index (κ3) is 5.22. The molecular formula is C27H19Cl2F3N2O5. The number of alkyl carbamates (subject to hydrolysis) is 1. The third-order valence-electron chi connectivity index (χ3n) is 6.34. The molecule has 1 aliphatic heterocycles. The van der Waals surface area contributed by atoms with Gasteiger partial charge >= 0.3 is 12.5 Å². The zero-order valence-corrected chi connectivity index (χ0v) is 21.9. The number of hydrogen-bond donors (Lipinski definition) is 1. The summed E-state index contributed by atoms with van der Waals surface area (Å²) in [5, 5.41) is 3.36. The lowest BCUT2D eigenvalue weighted by Gasteiger charge is -2.22. The van der Waals surface area contributed by atoms with Crippen molar-refractivity contribution in [1.82, 2.24) is 9.88 Å². The molecule has 39 heavy (non-hydrogen) atoms. The fraction of sp³-hybridized carbons (Fsp3) is 0.185. The summed E-state index contributed by atoms with van der Waals surface area (Å²) in [6.07, 6.45) is -5.76. The molecule has 12 heteroatoms. The fourth-order valence-corrected chi connectivity index (χ4v) is 4.86. The number of amides is 2. The summed E-state index contributed by atoms with van der Waals surface area (Å²) in [4.78, 5) is 24.2. The average Bonchev–Trinajstić information content (AvgIpc) is 3.27. The van der Waals surface area contributed by atoms with E-state index in [-0.39, 0.29) is 17.1 Å². The molecule has 0 spiro atoms. The van der Waals surface area contributed by atoms with Crippen LogP contribution in [0.3, 0.4) is 0 Å². The molecule has 0 bridgehead atoms. The number of rotatable bonds is 6. The van der Waals surface area contributed by atoms with Gasteiger partial charge in [0.15, 0.2) is 5.75 Å². The molecule has 0 aliphatic carbocycles. The minimum atomic E-state index is -4.87. The summed E-state index contributed by atoms with van der Waals surface area (Å²) in [5.74, 6) is -0.156. The van der Waals surface area contributed by atoms with Gasteiger partial charge in [-0.15, -0.1) is 13.2 Å². The van der Waals surface area contributed by atoms with Crippen molar-refractivity contribution in [1.29, 1.82) is 0 Å². The van der Waals surface area contributed by atoms with Crippen molar-refractivity contribution >= 4 is 46.1 Å². The Balaban J connectivity index is 1.60. The second-order valence-corrected chi connectivity index (χ2v) is 9.82. The van der Waals surface area contributed by atoms with Crippen LogP contribution < -0.4 is 14.8 Å². The zero-order valence-electron chi connectivity index (χ0n) is 20.4. The molecule has 7 nitrogen and oxygen atoms in total. The van der Waals surface area contributed by atoms with Gasteiger partial charge in [-0.2, -0.15) is 0 Å². The molecular weight excluding hydrogens is 560 g/mol. The largest absolute Gasteiger partial charge is 0.573 e. The number of halogens is 5. The lowest BCUT2D eigenvalue weighted by Crippen LogP contribution is -2.33. The van der Waals surface area contributed by atoms with Crippen LogP contribution in [0.4, 0.5) is 18.0 Å². The summed E-state index contributed by atoms with van der Waals surface area (Å²) in [6.45, 7) is 3.34. The molecule has 0 saturated carbocycles. The van der Waals surface area contributed by atoms with Crippen molar-refractivity contribution in [3.63, 3.8) is 0 Å². The first kappa shape index (κ1) is 26.7. The van der Waals surface area contributed by atoms with Crippen LogP contribution in [-0.4, -0.2) is 22.9 Å². The van der Waals surface area contributed by atoms with Gasteiger partial charge in [-0.25, -0.2) is 4.79 Å². The van der Waals surface area contributed by atoms with Crippen LogP contribution in [0.1, 0.15) is 23.7 Å². The van der Waals surface area contributed by atoms with E-state index in [4.69, 9.17) is 32.7 Å². The van der Waals surface area contributed by atoms with Crippen molar-refractivity contribution in [2.45, 2.75) is 32.4 Å². The van der Waals surface area contributed by atoms with Crippen LogP contribution in [0.25, 0.3) is 10.9 Å². The lowest BCUT2D eigenvalue weighted by molar-refractivity contribution is -0.274. The number of aromatic nitrogens is 1.